The summed E-state index contributed by atoms with van der Waals surface area (Å²) < 4.78 is 11.4. The van der Waals surface area contributed by atoms with Crippen LogP contribution in [0.3, 0.4) is 0 Å². The number of aryl methyl sites for hydroxylation is 1. The van der Waals surface area contributed by atoms with Gasteiger partial charge in [0.15, 0.2) is 0 Å². The maximum Gasteiger partial charge on any atom is 0.246 e. The average Bonchev–Trinajstić information content (AvgIpc) is 2.59. The Hall–Kier alpha value is -2.32. The summed E-state index contributed by atoms with van der Waals surface area (Å²) in [5.74, 6) is 2.30. The molecule has 2 unspecified atom stereocenters. The summed E-state index contributed by atoms with van der Waals surface area (Å²) in [6.45, 7) is 2.05. The molecule has 1 aliphatic heterocycles. The van der Waals surface area contributed by atoms with E-state index in [0.29, 0.717) is 14.4 Å². The molecule has 2 aromatic rings. The van der Waals surface area contributed by atoms with Crippen LogP contribution >= 0.6 is 8.73 Å². The lowest BCUT2D eigenvalue weighted by Crippen LogP contribution is -2.21. The van der Waals surface area contributed by atoms with Crippen molar-refractivity contribution in [1.82, 2.24) is 5.09 Å². The minimum absolute atomic E-state index is 0.0152. The summed E-state index contributed by atoms with van der Waals surface area (Å²) in [7, 11) is 2.05. The zero-order valence-corrected chi connectivity index (χ0v) is 14.7. The highest BCUT2D eigenvalue weighted by atomic mass is 31.1. The highest BCUT2D eigenvalue weighted by molar-refractivity contribution is 7.38. The van der Waals surface area contributed by atoms with Crippen molar-refractivity contribution in [2.45, 2.75) is 19.0 Å². The van der Waals surface area contributed by atoms with Crippen molar-refractivity contribution in [1.29, 1.82) is 0 Å². The molecule has 3 rings (SSSR count). The number of nitrogens with one attached hydrogen (secondary N) is 1. The smallest absolute Gasteiger partial charge is 0.246 e. The van der Waals surface area contributed by atoms with E-state index >= 15 is 0 Å². The normalized spacial score (nSPS) is 17.6. The van der Waals surface area contributed by atoms with Crippen LogP contribution in [-0.4, -0.2) is 18.7 Å². The summed E-state index contributed by atoms with van der Waals surface area (Å²) in [6.07, 6.45) is 4.40. The minimum Gasteiger partial charge on any atom is -0.497 e. The van der Waals surface area contributed by atoms with Crippen LogP contribution in [0.5, 0.6) is 17.2 Å². The van der Waals surface area contributed by atoms with Crippen molar-refractivity contribution in [2.75, 3.05) is 7.11 Å². The third kappa shape index (κ3) is 4.36. The largest absolute Gasteiger partial charge is 0.497 e. The number of methoxy groups -OCH3 is 1. The summed E-state index contributed by atoms with van der Waals surface area (Å²) in [5.41, 5.74) is 2.62. The lowest BCUT2D eigenvalue weighted by Gasteiger charge is -2.18. The molecule has 124 valence electrons. The first-order chi connectivity index (χ1) is 11.6. The first kappa shape index (κ1) is 16.5. The van der Waals surface area contributed by atoms with Gasteiger partial charge in [0.25, 0.3) is 0 Å². The number of carbonyl (C=O) groups is 1. The Bertz CT molecular complexity index is 756. The molecule has 2 aromatic carbocycles. The highest BCUT2D eigenvalue weighted by Crippen LogP contribution is 2.30. The molecule has 1 amide bonds. The van der Waals surface area contributed by atoms with Crippen molar-refractivity contribution >= 4 is 14.6 Å². The Morgan fingerprint density at radius 2 is 1.83 bits per heavy atom. The van der Waals surface area contributed by atoms with Crippen LogP contribution in [0.15, 0.2) is 54.6 Å². The fourth-order valence-electron chi connectivity index (χ4n) is 2.50. The molecule has 4 nitrogen and oxygen atoms in total. The van der Waals surface area contributed by atoms with E-state index < -0.39 is 0 Å². The molecule has 0 radical (unpaired) electrons. The van der Waals surface area contributed by atoms with Gasteiger partial charge in [0.2, 0.25) is 5.91 Å². The monoisotopic (exact) mass is 341 g/mol. The van der Waals surface area contributed by atoms with Gasteiger partial charge < -0.3 is 14.6 Å². The van der Waals surface area contributed by atoms with Gasteiger partial charge in [0.05, 0.1) is 7.11 Å². The van der Waals surface area contributed by atoms with E-state index in [0.717, 1.165) is 29.2 Å². The van der Waals surface area contributed by atoms with Crippen LogP contribution in [0.25, 0.3) is 0 Å². The van der Waals surface area contributed by atoms with Gasteiger partial charge in [0, 0.05) is 11.7 Å². The quantitative estimate of drug-likeness (QED) is 0.837. The third-order valence-electron chi connectivity index (χ3n) is 3.75. The molecule has 0 aromatic heterocycles. The number of amides is 1. The number of ether oxygens (including phenoxy) is 2. The van der Waals surface area contributed by atoms with Crippen molar-refractivity contribution < 1.29 is 14.3 Å². The number of allylic oxidation sites excluding steroid dienone is 1. The summed E-state index contributed by atoms with van der Waals surface area (Å²) in [6, 6.07) is 13.9. The number of hydrogen-bond acceptors (Lipinski definition) is 3. The standard InChI is InChI=1S/C19H20NO3P/c1-13-3-5-15(6-4-13)23-17-10-14(9-16(12-17)22-2)11-18-7-8-19(21)20-24-18/h3-10,12,18,24H,11H2,1-2H3,(H,20,21). The Balaban J connectivity index is 1.78. The molecule has 1 heterocycles. The predicted molar refractivity (Wildman–Crippen MR) is 97.3 cm³/mol. The SMILES string of the molecule is COc1cc(CC2C=CC(=O)NP2)cc(Oc2ccc(C)cc2)c1. The minimum atomic E-state index is -0.0152. The van der Waals surface area contributed by atoms with Crippen molar-refractivity contribution in [3.63, 3.8) is 0 Å². The maximum absolute atomic E-state index is 11.2. The van der Waals surface area contributed by atoms with Gasteiger partial charge in [-0.05, 0) is 58.0 Å². The molecule has 0 saturated heterocycles. The number of hydrogen-bond donors (Lipinski definition) is 1. The Kier molecular flexibility index (Phi) is 5.17. The van der Waals surface area contributed by atoms with Crippen LogP contribution in [0.1, 0.15) is 11.1 Å². The molecule has 5 heteroatoms. The zero-order valence-electron chi connectivity index (χ0n) is 13.7. The van der Waals surface area contributed by atoms with Crippen LogP contribution in [0.4, 0.5) is 0 Å². The topological polar surface area (TPSA) is 47.6 Å². The lowest BCUT2D eigenvalue weighted by atomic mass is 10.1. The molecule has 0 saturated carbocycles. The highest BCUT2D eigenvalue weighted by Gasteiger charge is 2.14. The molecule has 0 fully saturated rings. The predicted octanol–water partition coefficient (Wildman–Crippen LogP) is 3.99. The number of rotatable bonds is 5. The second-order valence-electron chi connectivity index (χ2n) is 5.74. The summed E-state index contributed by atoms with van der Waals surface area (Å²) >= 11 is 0. The van der Waals surface area contributed by atoms with Gasteiger partial charge in [-0.2, -0.15) is 0 Å². The van der Waals surface area contributed by atoms with E-state index in [-0.39, 0.29) is 5.91 Å². The van der Waals surface area contributed by atoms with E-state index in [4.69, 9.17) is 9.47 Å². The molecule has 2 atom stereocenters. The van der Waals surface area contributed by atoms with E-state index in [9.17, 15) is 4.79 Å². The van der Waals surface area contributed by atoms with Crippen LogP contribution in [-0.2, 0) is 11.2 Å². The van der Waals surface area contributed by atoms with Crippen LogP contribution < -0.4 is 14.6 Å². The van der Waals surface area contributed by atoms with Crippen molar-refractivity contribution in [3.05, 3.63) is 65.7 Å². The van der Waals surface area contributed by atoms with Gasteiger partial charge in [-0.25, -0.2) is 0 Å². The molecule has 24 heavy (non-hydrogen) atoms. The zero-order chi connectivity index (χ0) is 16.9. The Morgan fingerprint density at radius 1 is 1.08 bits per heavy atom. The average molecular weight is 341 g/mol. The molecular weight excluding hydrogens is 321 g/mol. The first-order valence-corrected chi connectivity index (χ1v) is 8.86. The third-order valence-corrected chi connectivity index (χ3v) is 4.91. The lowest BCUT2D eigenvalue weighted by molar-refractivity contribution is -0.114. The van der Waals surface area contributed by atoms with Gasteiger partial charge in [-0.1, -0.05) is 23.8 Å². The van der Waals surface area contributed by atoms with Crippen LogP contribution in [0.2, 0.25) is 0 Å². The van der Waals surface area contributed by atoms with E-state index in [1.165, 1.54) is 5.56 Å². The Labute approximate surface area is 143 Å². The molecule has 1 aliphatic rings. The van der Waals surface area contributed by atoms with Gasteiger partial charge in [-0.15, -0.1) is 0 Å². The van der Waals surface area contributed by atoms with Gasteiger partial charge >= 0.3 is 0 Å². The number of carbonyl (C=O) groups excluding carboxylic acids is 1. The fraction of sp³-hybridized carbons (Fsp3) is 0.211. The molecule has 1 N–H and O–H groups in total. The van der Waals surface area contributed by atoms with Gasteiger partial charge in [0.1, 0.15) is 17.2 Å². The first-order valence-electron chi connectivity index (χ1n) is 7.78. The fourth-order valence-corrected chi connectivity index (χ4v) is 3.44. The Morgan fingerprint density at radius 3 is 2.50 bits per heavy atom. The van der Waals surface area contributed by atoms with Crippen molar-refractivity contribution in [3.8, 4) is 17.2 Å². The molecule has 0 spiro atoms. The molecule has 0 aliphatic carbocycles. The second kappa shape index (κ2) is 7.50. The van der Waals surface area contributed by atoms with Gasteiger partial charge in [-0.3, -0.25) is 4.79 Å². The van der Waals surface area contributed by atoms with Crippen molar-refractivity contribution in [2.24, 2.45) is 0 Å². The molecule has 0 bridgehead atoms. The second-order valence-corrected chi connectivity index (χ2v) is 7.02. The summed E-state index contributed by atoms with van der Waals surface area (Å²) in [5, 5.41) is 2.88. The van der Waals surface area contributed by atoms with E-state index in [1.807, 2.05) is 55.5 Å². The maximum atomic E-state index is 11.2. The van der Waals surface area contributed by atoms with E-state index in [1.54, 1.807) is 13.2 Å². The summed E-state index contributed by atoms with van der Waals surface area (Å²) in [4.78, 5) is 11.2. The molecular formula is C19H20NO3P. The van der Waals surface area contributed by atoms with Crippen LogP contribution in [0, 0.1) is 6.92 Å². The number of benzene rings is 2. The van der Waals surface area contributed by atoms with E-state index in [2.05, 4.69) is 5.09 Å².